The molecule has 1 unspecified atom stereocenters. The number of carbonyl (C=O) groups is 1. The van der Waals surface area contributed by atoms with Crippen molar-refractivity contribution in [2.45, 2.75) is 6.04 Å². The van der Waals surface area contributed by atoms with Crippen LogP contribution in [-0.2, 0) is 0 Å². The molecule has 0 spiro atoms. The van der Waals surface area contributed by atoms with Crippen LogP contribution in [0, 0.1) is 0 Å². The Hall–Kier alpha value is -2.77. The maximum atomic E-state index is 12.7. The number of ether oxygens (including phenoxy) is 3. The number of nitrogens with zero attached hydrogens (tertiary/aromatic N) is 2. The summed E-state index contributed by atoms with van der Waals surface area (Å²) < 4.78 is 16.2. The van der Waals surface area contributed by atoms with Crippen molar-refractivity contribution in [2.24, 2.45) is 0 Å². The molecule has 4 rings (SSSR count). The Morgan fingerprint density at radius 2 is 1.79 bits per heavy atom. The summed E-state index contributed by atoms with van der Waals surface area (Å²) in [4.78, 5) is 17.4. The number of nitrogens with one attached hydrogen (secondary N) is 1. The van der Waals surface area contributed by atoms with Crippen LogP contribution in [0.5, 0.6) is 17.2 Å². The van der Waals surface area contributed by atoms with Crippen molar-refractivity contribution in [3.63, 3.8) is 0 Å². The van der Waals surface area contributed by atoms with Gasteiger partial charge in [-0.2, -0.15) is 0 Å². The van der Waals surface area contributed by atoms with Crippen LogP contribution in [0.15, 0.2) is 42.5 Å². The fourth-order valence-electron chi connectivity index (χ4n) is 3.75. The third-order valence-electron chi connectivity index (χ3n) is 5.57. The van der Waals surface area contributed by atoms with Crippen LogP contribution in [-0.4, -0.2) is 69.4 Å². The van der Waals surface area contributed by atoms with E-state index in [1.165, 1.54) is 0 Å². The summed E-state index contributed by atoms with van der Waals surface area (Å²) in [6, 6.07) is 13.3. The summed E-state index contributed by atoms with van der Waals surface area (Å²) >= 11 is 0. The van der Waals surface area contributed by atoms with Gasteiger partial charge in [-0.15, -0.1) is 0 Å². The van der Waals surface area contributed by atoms with E-state index in [1.54, 1.807) is 31.4 Å². The lowest BCUT2D eigenvalue weighted by atomic mass is 10.0. The van der Waals surface area contributed by atoms with E-state index in [0.717, 1.165) is 49.0 Å². The second-order valence-electron chi connectivity index (χ2n) is 7.41. The average Bonchev–Trinajstić information content (AvgIpc) is 3.23. The van der Waals surface area contributed by atoms with Gasteiger partial charge in [-0.25, -0.2) is 0 Å². The molecule has 0 bridgehead atoms. The molecule has 2 heterocycles. The predicted molar refractivity (Wildman–Crippen MR) is 110 cm³/mol. The first kappa shape index (κ1) is 19.5. The largest absolute Gasteiger partial charge is 0.497 e. The normalized spacial score (nSPS) is 17.7. The molecule has 29 heavy (non-hydrogen) atoms. The van der Waals surface area contributed by atoms with Crippen LogP contribution in [0.3, 0.4) is 0 Å². The molecule has 0 aromatic heterocycles. The molecule has 1 saturated heterocycles. The minimum absolute atomic E-state index is 0.0698. The first-order valence-electron chi connectivity index (χ1n) is 9.88. The van der Waals surface area contributed by atoms with Crippen molar-refractivity contribution in [3.8, 4) is 17.2 Å². The van der Waals surface area contributed by atoms with Crippen LogP contribution in [0.4, 0.5) is 0 Å². The zero-order valence-corrected chi connectivity index (χ0v) is 16.9. The number of methoxy groups -OCH3 is 1. The van der Waals surface area contributed by atoms with Gasteiger partial charge in [-0.05, 0) is 49.0 Å². The van der Waals surface area contributed by atoms with E-state index in [1.807, 2.05) is 12.1 Å². The van der Waals surface area contributed by atoms with Gasteiger partial charge in [-0.1, -0.05) is 6.07 Å². The summed E-state index contributed by atoms with van der Waals surface area (Å²) in [5.74, 6) is 2.18. The summed E-state index contributed by atoms with van der Waals surface area (Å²) in [7, 11) is 3.75. The first-order chi connectivity index (χ1) is 14.1. The molecule has 154 valence electrons. The predicted octanol–water partition coefficient (Wildman–Crippen LogP) is 2.14. The van der Waals surface area contributed by atoms with Gasteiger partial charge in [0.05, 0.1) is 13.2 Å². The summed E-state index contributed by atoms with van der Waals surface area (Å²) in [5, 5.41) is 3.10. The fraction of sp³-hybridized carbons (Fsp3) is 0.409. The van der Waals surface area contributed by atoms with Crippen LogP contribution in [0.1, 0.15) is 22.0 Å². The summed E-state index contributed by atoms with van der Waals surface area (Å²) in [6.07, 6.45) is 0. The van der Waals surface area contributed by atoms with Gasteiger partial charge in [0, 0.05) is 38.3 Å². The zero-order valence-electron chi connectivity index (χ0n) is 16.9. The number of piperazine rings is 1. The van der Waals surface area contributed by atoms with Crippen LogP contribution >= 0.6 is 0 Å². The molecule has 1 atom stereocenters. The minimum Gasteiger partial charge on any atom is -0.497 e. The van der Waals surface area contributed by atoms with Crippen LogP contribution in [0.25, 0.3) is 0 Å². The molecule has 2 aromatic rings. The van der Waals surface area contributed by atoms with E-state index >= 15 is 0 Å². The van der Waals surface area contributed by atoms with Crippen molar-refractivity contribution >= 4 is 5.91 Å². The summed E-state index contributed by atoms with van der Waals surface area (Å²) in [5.41, 5.74) is 1.74. The number of carbonyl (C=O) groups excluding carboxylic acids is 1. The monoisotopic (exact) mass is 397 g/mol. The van der Waals surface area contributed by atoms with Crippen molar-refractivity contribution < 1.29 is 19.0 Å². The molecule has 1 N–H and O–H groups in total. The summed E-state index contributed by atoms with van der Waals surface area (Å²) in [6.45, 7) is 4.70. The minimum atomic E-state index is -0.0903. The van der Waals surface area contributed by atoms with Crippen molar-refractivity contribution in [1.29, 1.82) is 0 Å². The average molecular weight is 397 g/mol. The molecule has 2 aromatic carbocycles. The standard InChI is InChI=1S/C22H27N3O4/c1-24-9-11-25(12-10-24)19(17-5-8-20-21(13-17)29-15-28-20)14-23-22(26)16-3-6-18(27-2)7-4-16/h3-8,13,19H,9-12,14-15H2,1-2H3,(H,23,26). The lowest BCUT2D eigenvalue weighted by Crippen LogP contribution is -2.48. The lowest BCUT2D eigenvalue weighted by molar-refractivity contribution is 0.0886. The third kappa shape index (κ3) is 4.46. The number of hydrogen-bond acceptors (Lipinski definition) is 6. The van der Waals surface area contributed by atoms with Gasteiger partial charge in [0.2, 0.25) is 6.79 Å². The van der Waals surface area contributed by atoms with Gasteiger partial charge < -0.3 is 24.4 Å². The number of rotatable bonds is 6. The topological polar surface area (TPSA) is 63.3 Å². The molecule has 0 radical (unpaired) electrons. The highest BCUT2D eigenvalue weighted by molar-refractivity contribution is 5.94. The third-order valence-corrected chi connectivity index (χ3v) is 5.57. The molecule has 0 aliphatic carbocycles. The Morgan fingerprint density at radius 3 is 2.52 bits per heavy atom. The Morgan fingerprint density at radius 1 is 1.07 bits per heavy atom. The number of benzene rings is 2. The van der Waals surface area contributed by atoms with Gasteiger partial charge in [-0.3, -0.25) is 9.69 Å². The van der Waals surface area contributed by atoms with E-state index in [0.29, 0.717) is 12.1 Å². The molecule has 7 nitrogen and oxygen atoms in total. The van der Waals surface area contributed by atoms with Crippen molar-refractivity contribution in [1.82, 2.24) is 15.1 Å². The molecule has 1 amide bonds. The number of amides is 1. The SMILES string of the molecule is COc1ccc(C(=O)NCC(c2ccc3c(c2)OCO3)N2CCN(C)CC2)cc1. The molecular weight excluding hydrogens is 370 g/mol. The Kier molecular flexibility index (Phi) is 5.87. The van der Waals surface area contributed by atoms with Gasteiger partial charge in [0.15, 0.2) is 11.5 Å². The van der Waals surface area contributed by atoms with E-state index in [4.69, 9.17) is 14.2 Å². The maximum Gasteiger partial charge on any atom is 0.251 e. The van der Waals surface area contributed by atoms with E-state index < -0.39 is 0 Å². The molecule has 2 aliphatic heterocycles. The van der Waals surface area contributed by atoms with E-state index in [2.05, 4.69) is 28.2 Å². The Bertz CT molecular complexity index is 848. The lowest BCUT2D eigenvalue weighted by Gasteiger charge is -2.38. The van der Waals surface area contributed by atoms with Gasteiger partial charge in [0.1, 0.15) is 5.75 Å². The second-order valence-corrected chi connectivity index (χ2v) is 7.41. The highest BCUT2D eigenvalue weighted by Crippen LogP contribution is 2.35. The number of fused-ring (bicyclic) bond motifs is 1. The fourth-order valence-corrected chi connectivity index (χ4v) is 3.75. The molecular formula is C22H27N3O4. The van der Waals surface area contributed by atoms with E-state index in [-0.39, 0.29) is 18.7 Å². The maximum absolute atomic E-state index is 12.7. The van der Waals surface area contributed by atoms with E-state index in [9.17, 15) is 4.79 Å². The Balaban J connectivity index is 1.49. The zero-order chi connectivity index (χ0) is 20.2. The second kappa shape index (κ2) is 8.71. The molecule has 7 heteroatoms. The molecule has 0 saturated carbocycles. The van der Waals surface area contributed by atoms with Crippen molar-refractivity contribution in [2.75, 3.05) is 53.7 Å². The highest BCUT2D eigenvalue weighted by atomic mass is 16.7. The Labute approximate surface area is 171 Å². The van der Waals surface area contributed by atoms with Gasteiger partial charge >= 0.3 is 0 Å². The number of hydrogen-bond donors (Lipinski definition) is 1. The van der Waals surface area contributed by atoms with Crippen LogP contribution < -0.4 is 19.5 Å². The van der Waals surface area contributed by atoms with Crippen LogP contribution in [0.2, 0.25) is 0 Å². The first-order valence-corrected chi connectivity index (χ1v) is 9.88. The number of likely N-dealkylation sites (N-methyl/N-ethyl adjacent to an activating group) is 1. The quantitative estimate of drug-likeness (QED) is 0.806. The molecule has 1 fully saturated rings. The van der Waals surface area contributed by atoms with Gasteiger partial charge in [0.25, 0.3) is 5.91 Å². The highest BCUT2D eigenvalue weighted by Gasteiger charge is 2.26. The van der Waals surface area contributed by atoms with Crippen molar-refractivity contribution in [3.05, 3.63) is 53.6 Å². The smallest absolute Gasteiger partial charge is 0.251 e. The molecule has 2 aliphatic rings.